The Morgan fingerprint density at radius 1 is 1.17 bits per heavy atom. The van der Waals surface area contributed by atoms with Gasteiger partial charge >= 0.3 is 0 Å². The van der Waals surface area contributed by atoms with E-state index in [4.69, 9.17) is 0 Å². The van der Waals surface area contributed by atoms with E-state index in [0.29, 0.717) is 18.7 Å². The molecule has 0 aliphatic carbocycles. The second kappa shape index (κ2) is 7.32. The maximum absolute atomic E-state index is 12.9. The number of amides is 1. The summed E-state index contributed by atoms with van der Waals surface area (Å²) >= 11 is 0. The van der Waals surface area contributed by atoms with E-state index >= 15 is 0 Å². The molecular weight excluding hydrogens is 302 g/mol. The van der Waals surface area contributed by atoms with Crippen molar-refractivity contribution < 1.29 is 4.79 Å². The quantitative estimate of drug-likeness (QED) is 0.655. The van der Waals surface area contributed by atoms with Crippen LogP contribution >= 0.6 is 0 Å². The molecule has 0 aliphatic rings. The molecule has 0 aliphatic heterocycles. The lowest BCUT2D eigenvalue weighted by Gasteiger charge is -2.21. The molecule has 0 saturated heterocycles. The number of pyridine rings is 1. The third-order valence-corrected chi connectivity index (χ3v) is 3.53. The first-order valence-electron chi connectivity index (χ1n) is 7.53. The van der Waals surface area contributed by atoms with E-state index in [1.165, 1.54) is 0 Å². The Balaban J connectivity index is 1.85. The molecule has 120 valence electrons. The van der Waals surface area contributed by atoms with Crippen molar-refractivity contribution in [3.8, 4) is 5.69 Å². The molecule has 3 aromatic rings. The molecule has 6 heteroatoms. The first-order chi connectivity index (χ1) is 11.8. The summed E-state index contributed by atoms with van der Waals surface area (Å²) in [5, 5.41) is 7.58. The topological polar surface area (TPSA) is 63.9 Å². The summed E-state index contributed by atoms with van der Waals surface area (Å²) in [6.07, 6.45) is 6.63. The van der Waals surface area contributed by atoms with Gasteiger partial charge in [-0.15, -0.1) is 16.8 Å². The van der Waals surface area contributed by atoms with Crippen LogP contribution in [0.2, 0.25) is 0 Å². The monoisotopic (exact) mass is 319 g/mol. The molecule has 1 amide bonds. The fourth-order valence-electron chi connectivity index (χ4n) is 2.38. The number of hydrogen-bond donors (Lipinski definition) is 0. The van der Waals surface area contributed by atoms with Crippen molar-refractivity contribution in [2.24, 2.45) is 0 Å². The Bertz CT molecular complexity index is 814. The molecule has 0 N–H and O–H groups in total. The molecule has 24 heavy (non-hydrogen) atoms. The van der Waals surface area contributed by atoms with Crippen LogP contribution in [0.25, 0.3) is 5.69 Å². The Labute approximate surface area is 140 Å². The third kappa shape index (κ3) is 3.55. The minimum atomic E-state index is -0.0736. The molecule has 2 aromatic heterocycles. The highest BCUT2D eigenvalue weighted by atomic mass is 16.2. The number of carbonyl (C=O) groups excluding carboxylic acids is 1. The SMILES string of the molecule is C=CCN(Cc1ccccn1)C(=O)c1cccc(-n2cnnc2)c1. The average molecular weight is 319 g/mol. The van der Waals surface area contributed by atoms with Crippen molar-refractivity contribution in [3.05, 3.63) is 85.2 Å². The Morgan fingerprint density at radius 3 is 2.71 bits per heavy atom. The van der Waals surface area contributed by atoms with Crippen LogP contribution in [0.4, 0.5) is 0 Å². The maximum atomic E-state index is 12.9. The minimum Gasteiger partial charge on any atom is -0.329 e. The van der Waals surface area contributed by atoms with Crippen molar-refractivity contribution in [1.82, 2.24) is 24.6 Å². The van der Waals surface area contributed by atoms with E-state index in [1.807, 2.05) is 36.4 Å². The first-order valence-corrected chi connectivity index (χ1v) is 7.53. The molecule has 6 nitrogen and oxygen atoms in total. The summed E-state index contributed by atoms with van der Waals surface area (Å²) in [4.78, 5) is 18.9. The van der Waals surface area contributed by atoms with Gasteiger partial charge in [0.15, 0.2) is 0 Å². The zero-order chi connectivity index (χ0) is 16.8. The predicted molar refractivity (Wildman–Crippen MR) is 90.5 cm³/mol. The molecule has 1 aromatic carbocycles. The van der Waals surface area contributed by atoms with Gasteiger partial charge in [0.1, 0.15) is 12.7 Å². The van der Waals surface area contributed by atoms with E-state index in [0.717, 1.165) is 11.4 Å². The van der Waals surface area contributed by atoms with Crippen LogP contribution < -0.4 is 0 Å². The van der Waals surface area contributed by atoms with Crippen LogP contribution in [0.5, 0.6) is 0 Å². The van der Waals surface area contributed by atoms with Gasteiger partial charge in [-0.2, -0.15) is 0 Å². The Kier molecular flexibility index (Phi) is 4.76. The molecule has 0 radical (unpaired) electrons. The minimum absolute atomic E-state index is 0.0736. The third-order valence-electron chi connectivity index (χ3n) is 3.53. The zero-order valence-corrected chi connectivity index (χ0v) is 13.1. The second-order valence-electron chi connectivity index (χ2n) is 5.21. The summed E-state index contributed by atoms with van der Waals surface area (Å²) in [6.45, 7) is 4.63. The maximum Gasteiger partial charge on any atom is 0.254 e. The van der Waals surface area contributed by atoms with Gasteiger partial charge in [0.25, 0.3) is 5.91 Å². The summed E-state index contributed by atoms with van der Waals surface area (Å²) in [5.41, 5.74) is 2.27. The normalized spacial score (nSPS) is 10.3. The fraction of sp³-hybridized carbons (Fsp3) is 0.111. The van der Waals surface area contributed by atoms with Gasteiger partial charge in [-0.05, 0) is 30.3 Å². The number of aromatic nitrogens is 4. The van der Waals surface area contributed by atoms with Crippen LogP contribution in [0.15, 0.2) is 74.0 Å². The van der Waals surface area contributed by atoms with E-state index < -0.39 is 0 Å². The van der Waals surface area contributed by atoms with E-state index in [-0.39, 0.29) is 5.91 Å². The van der Waals surface area contributed by atoms with Crippen molar-refractivity contribution >= 4 is 5.91 Å². The van der Waals surface area contributed by atoms with Crippen molar-refractivity contribution in [2.75, 3.05) is 6.54 Å². The predicted octanol–water partition coefficient (Wildman–Crippen LogP) is 2.49. The molecule has 0 saturated carbocycles. The molecule has 0 spiro atoms. The number of nitrogens with zero attached hydrogens (tertiary/aromatic N) is 5. The van der Waals surface area contributed by atoms with Crippen molar-refractivity contribution in [1.29, 1.82) is 0 Å². The van der Waals surface area contributed by atoms with E-state index in [2.05, 4.69) is 21.8 Å². The number of carbonyl (C=O) groups is 1. The van der Waals surface area contributed by atoms with Gasteiger partial charge in [-0.1, -0.05) is 18.2 Å². The molecule has 2 heterocycles. The van der Waals surface area contributed by atoms with Gasteiger partial charge < -0.3 is 4.90 Å². The summed E-state index contributed by atoms with van der Waals surface area (Å²) in [5.74, 6) is -0.0736. The van der Waals surface area contributed by atoms with Gasteiger partial charge in [-0.3, -0.25) is 14.3 Å². The average Bonchev–Trinajstić information content (AvgIpc) is 3.16. The molecule has 0 fully saturated rings. The van der Waals surface area contributed by atoms with Gasteiger partial charge in [0.05, 0.1) is 12.2 Å². The smallest absolute Gasteiger partial charge is 0.254 e. The number of rotatable bonds is 6. The van der Waals surface area contributed by atoms with Crippen LogP contribution in [0.1, 0.15) is 16.1 Å². The summed E-state index contributed by atoms with van der Waals surface area (Å²) < 4.78 is 1.76. The lowest BCUT2D eigenvalue weighted by molar-refractivity contribution is 0.0761. The molecule has 0 unspecified atom stereocenters. The fourth-order valence-corrected chi connectivity index (χ4v) is 2.38. The zero-order valence-electron chi connectivity index (χ0n) is 13.1. The Morgan fingerprint density at radius 2 is 2.00 bits per heavy atom. The van der Waals surface area contributed by atoms with Crippen LogP contribution in [-0.4, -0.2) is 37.1 Å². The van der Waals surface area contributed by atoms with Crippen molar-refractivity contribution in [3.63, 3.8) is 0 Å². The summed E-state index contributed by atoms with van der Waals surface area (Å²) in [7, 11) is 0. The highest BCUT2D eigenvalue weighted by Gasteiger charge is 2.16. The van der Waals surface area contributed by atoms with Gasteiger partial charge in [0, 0.05) is 24.0 Å². The standard InChI is InChI=1S/C18H17N5O/c1-2-10-22(12-16-7-3-4-9-19-16)18(24)15-6-5-8-17(11-15)23-13-20-21-14-23/h2-9,11,13-14H,1,10,12H2. The van der Waals surface area contributed by atoms with Crippen LogP contribution in [-0.2, 0) is 6.54 Å². The number of benzene rings is 1. The lowest BCUT2D eigenvalue weighted by atomic mass is 10.1. The van der Waals surface area contributed by atoms with Crippen LogP contribution in [0.3, 0.4) is 0 Å². The van der Waals surface area contributed by atoms with E-state index in [9.17, 15) is 4.79 Å². The molecule has 0 bridgehead atoms. The largest absolute Gasteiger partial charge is 0.329 e. The molecule has 3 rings (SSSR count). The summed E-state index contributed by atoms with van der Waals surface area (Å²) in [6, 6.07) is 13.0. The van der Waals surface area contributed by atoms with Crippen molar-refractivity contribution in [2.45, 2.75) is 6.54 Å². The first kappa shape index (κ1) is 15.6. The van der Waals surface area contributed by atoms with E-state index in [1.54, 1.807) is 40.5 Å². The molecular formula is C18H17N5O. The van der Waals surface area contributed by atoms with Gasteiger partial charge in [0.2, 0.25) is 0 Å². The molecule has 0 atom stereocenters. The highest BCUT2D eigenvalue weighted by molar-refractivity contribution is 5.94. The second-order valence-corrected chi connectivity index (χ2v) is 5.21. The van der Waals surface area contributed by atoms with Crippen LogP contribution in [0, 0.1) is 0 Å². The highest BCUT2D eigenvalue weighted by Crippen LogP contribution is 2.13. The van der Waals surface area contributed by atoms with Gasteiger partial charge in [-0.25, -0.2) is 0 Å². The lowest BCUT2D eigenvalue weighted by Crippen LogP contribution is -2.31. The number of hydrogen-bond acceptors (Lipinski definition) is 4. The Hall–Kier alpha value is -3.28.